The molecule has 1 fully saturated rings. The van der Waals surface area contributed by atoms with Crippen LogP contribution in [0.1, 0.15) is 49.7 Å². The highest BCUT2D eigenvalue weighted by molar-refractivity contribution is 5.67. The topological polar surface area (TPSA) is 24.1 Å². The lowest BCUT2D eigenvalue weighted by Crippen LogP contribution is -2.67. The minimum Gasteiger partial charge on any atom is -0.377 e. The Labute approximate surface area is 131 Å². The van der Waals surface area contributed by atoms with E-state index in [1.54, 1.807) is 0 Å². The number of fused-ring (bicyclic) bond motifs is 10. The maximum absolute atomic E-state index is 3.87. The van der Waals surface area contributed by atoms with E-state index in [0.29, 0.717) is 11.8 Å². The molecular formula is C20H22N2. The third-order valence-corrected chi connectivity index (χ3v) is 6.50. The van der Waals surface area contributed by atoms with E-state index in [4.69, 9.17) is 0 Å². The second-order valence-electron chi connectivity index (χ2n) is 7.71. The smallest absolute Gasteiger partial charge is 0.0578 e. The van der Waals surface area contributed by atoms with E-state index in [-0.39, 0.29) is 11.1 Å². The van der Waals surface area contributed by atoms with E-state index in [1.165, 1.54) is 35.3 Å². The van der Waals surface area contributed by atoms with E-state index in [9.17, 15) is 0 Å². The minimum atomic E-state index is 0.0933. The molecule has 0 aromatic heterocycles. The zero-order valence-electron chi connectivity index (χ0n) is 13.2. The molecular weight excluding hydrogens is 268 g/mol. The molecule has 2 heterocycles. The van der Waals surface area contributed by atoms with E-state index in [2.05, 4.69) is 73.0 Å². The molecule has 3 aliphatic rings. The van der Waals surface area contributed by atoms with Crippen LogP contribution in [-0.4, -0.2) is 11.1 Å². The van der Waals surface area contributed by atoms with Gasteiger partial charge in [-0.2, -0.15) is 0 Å². The van der Waals surface area contributed by atoms with Gasteiger partial charge in [0.25, 0.3) is 0 Å². The van der Waals surface area contributed by atoms with E-state index < -0.39 is 0 Å². The molecule has 1 aliphatic carbocycles. The number of hydrogen-bond acceptors (Lipinski definition) is 2. The highest BCUT2D eigenvalue weighted by Gasteiger charge is 2.57. The predicted molar refractivity (Wildman–Crippen MR) is 91.7 cm³/mol. The molecule has 0 spiro atoms. The summed E-state index contributed by atoms with van der Waals surface area (Å²) in [6, 6.07) is 17.8. The van der Waals surface area contributed by atoms with Crippen LogP contribution in [0.5, 0.6) is 0 Å². The Morgan fingerprint density at radius 1 is 0.727 bits per heavy atom. The summed E-state index contributed by atoms with van der Waals surface area (Å²) in [5.74, 6) is 1.25. The largest absolute Gasteiger partial charge is 0.377 e. The van der Waals surface area contributed by atoms with Gasteiger partial charge in [-0.3, -0.25) is 0 Å². The van der Waals surface area contributed by atoms with Crippen molar-refractivity contribution < 1.29 is 0 Å². The highest BCUT2D eigenvalue weighted by Crippen LogP contribution is 2.60. The number of benzene rings is 2. The SMILES string of the molecule is C[C@@]12C[C@H](c3ccccc3N1)[C@@H]1C[C@]2(C)Nc2ccccc21. The summed E-state index contributed by atoms with van der Waals surface area (Å²) >= 11 is 0. The minimum absolute atomic E-state index is 0.0933. The summed E-state index contributed by atoms with van der Waals surface area (Å²) in [6.07, 6.45) is 2.40. The summed E-state index contributed by atoms with van der Waals surface area (Å²) in [5, 5.41) is 7.74. The van der Waals surface area contributed by atoms with Crippen LogP contribution in [-0.2, 0) is 0 Å². The number of nitrogens with one attached hydrogen (secondary N) is 2. The lowest BCUT2D eigenvalue weighted by molar-refractivity contribution is 0.164. The van der Waals surface area contributed by atoms with Gasteiger partial charge in [-0.1, -0.05) is 36.4 Å². The summed E-state index contributed by atoms with van der Waals surface area (Å²) in [5.41, 5.74) is 5.86. The van der Waals surface area contributed by atoms with Crippen LogP contribution in [0, 0.1) is 0 Å². The first-order chi connectivity index (χ1) is 10.6. The van der Waals surface area contributed by atoms with Gasteiger partial charge in [0.05, 0.1) is 11.1 Å². The Bertz CT molecular complexity index is 702. The van der Waals surface area contributed by atoms with Crippen LogP contribution in [0.15, 0.2) is 48.5 Å². The molecule has 0 radical (unpaired) electrons. The molecule has 22 heavy (non-hydrogen) atoms. The molecule has 2 heteroatoms. The average Bonchev–Trinajstić information content (AvgIpc) is 2.52. The van der Waals surface area contributed by atoms with Gasteiger partial charge in [0.2, 0.25) is 0 Å². The standard InChI is InChI=1S/C20H22N2/c1-19-11-15(13-7-3-5-9-17(13)21-19)16-12-20(19,2)22-18-10-6-4-8-14(16)18/h3-10,15-16,21-22H,11-12H2,1-2H3/t15-,16-,19+,20+/m1/s1. The van der Waals surface area contributed by atoms with Gasteiger partial charge in [-0.05, 0) is 61.8 Å². The molecule has 2 nitrogen and oxygen atoms in total. The molecule has 0 unspecified atom stereocenters. The van der Waals surface area contributed by atoms with Gasteiger partial charge in [0.15, 0.2) is 0 Å². The first-order valence-electron chi connectivity index (χ1n) is 8.34. The van der Waals surface area contributed by atoms with Crippen LogP contribution in [0.2, 0.25) is 0 Å². The van der Waals surface area contributed by atoms with Crippen molar-refractivity contribution in [2.75, 3.05) is 10.6 Å². The van der Waals surface area contributed by atoms with Crippen LogP contribution >= 0.6 is 0 Å². The summed E-state index contributed by atoms with van der Waals surface area (Å²) < 4.78 is 0. The molecule has 2 N–H and O–H groups in total. The molecule has 4 atom stereocenters. The van der Waals surface area contributed by atoms with Crippen LogP contribution in [0.4, 0.5) is 11.4 Å². The first kappa shape index (κ1) is 12.6. The number of anilines is 2. The quantitative estimate of drug-likeness (QED) is 0.734. The Kier molecular flexibility index (Phi) is 2.21. The van der Waals surface area contributed by atoms with Gasteiger partial charge >= 0.3 is 0 Å². The van der Waals surface area contributed by atoms with Crippen molar-refractivity contribution in [3.05, 3.63) is 59.7 Å². The summed E-state index contributed by atoms with van der Waals surface area (Å²) in [4.78, 5) is 0. The Morgan fingerprint density at radius 2 is 1.14 bits per heavy atom. The fraction of sp³-hybridized carbons (Fsp3) is 0.400. The van der Waals surface area contributed by atoms with Crippen molar-refractivity contribution in [3.63, 3.8) is 0 Å². The molecule has 112 valence electrons. The van der Waals surface area contributed by atoms with Crippen molar-refractivity contribution in [2.24, 2.45) is 0 Å². The third-order valence-electron chi connectivity index (χ3n) is 6.50. The van der Waals surface area contributed by atoms with Crippen LogP contribution in [0.3, 0.4) is 0 Å². The molecule has 4 bridgehead atoms. The van der Waals surface area contributed by atoms with E-state index >= 15 is 0 Å². The first-order valence-corrected chi connectivity index (χ1v) is 8.34. The summed E-state index contributed by atoms with van der Waals surface area (Å²) in [7, 11) is 0. The maximum Gasteiger partial charge on any atom is 0.0578 e. The highest BCUT2D eigenvalue weighted by atomic mass is 15.1. The molecule has 0 saturated heterocycles. The molecule has 2 aromatic rings. The normalized spacial score (nSPS) is 37.4. The maximum atomic E-state index is 3.87. The number of hydrogen-bond donors (Lipinski definition) is 2. The average molecular weight is 290 g/mol. The lowest BCUT2D eigenvalue weighted by atomic mass is 9.54. The number of rotatable bonds is 0. The fourth-order valence-electron chi connectivity index (χ4n) is 5.11. The zero-order chi connectivity index (χ0) is 14.9. The fourth-order valence-corrected chi connectivity index (χ4v) is 5.11. The van der Waals surface area contributed by atoms with Gasteiger partial charge in [-0.15, -0.1) is 0 Å². The second-order valence-corrected chi connectivity index (χ2v) is 7.71. The van der Waals surface area contributed by atoms with Crippen molar-refractivity contribution >= 4 is 11.4 Å². The van der Waals surface area contributed by atoms with Crippen molar-refractivity contribution in [1.29, 1.82) is 0 Å². The molecule has 2 aromatic carbocycles. The van der Waals surface area contributed by atoms with Crippen molar-refractivity contribution in [1.82, 2.24) is 0 Å². The molecule has 2 aliphatic heterocycles. The third kappa shape index (κ3) is 1.41. The van der Waals surface area contributed by atoms with Crippen LogP contribution < -0.4 is 10.6 Å². The van der Waals surface area contributed by atoms with Crippen molar-refractivity contribution in [3.8, 4) is 0 Å². The Balaban J connectivity index is 1.77. The van der Waals surface area contributed by atoms with E-state index in [1.807, 2.05) is 0 Å². The lowest BCUT2D eigenvalue weighted by Gasteiger charge is -2.61. The van der Waals surface area contributed by atoms with Gasteiger partial charge in [0.1, 0.15) is 0 Å². The summed E-state index contributed by atoms with van der Waals surface area (Å²) in [6.45, 7) is 4.79. The van der Waals surface area contributed by atoms with E-state index in [0.717, 1.165) is 0 Å². The molecule has 1 saturated carbocycles. The predicted octanol–water partition coefficient (Wildman–Crippen LogP) is 4.72. The second kappa shape index (κ2) is 3.87. The van der Waals surface area contributed by atoms with Gasteiger partial charge in [0, 0.05) is 11.4 Å². The zero-order valence-corrected chi connectivity index (χ0v) is 13.2. The number of para-hydroxylation sites is 2. The van der Waals surface area contributed by atoms with Gasteiger partial charge < -0.3 is 10.6 Å². The molecule has 5 rings (SSSR count). The van der Waals surface area contributed by atoms with Gasteiger partial charge in [-0.25, -0.2) is 0 Å². The Hall–Kier alpha value is -1.96. The monoisotopic (exact) mass is 290 g/mol. The Morgan fingerprint density at radius 3 is 1.59 bits per heavy atom. The van der Waals surface area contributed by atoms with Crippen LogP contribution in [0.25, 0.3) is 0 Å². The molecule has 0 amide bonds. The van der Waals surface area contributed by atoms with Crippen molar-refractivity contribution in [2.45, 2.75) is 49.6 Å².